The summed E-state index contributed by atoms with van der Waals surface area (Å²) in [6.45, 7) is 5.76. The van der Waals surface area contributed by atoms with Crippen LogP contribution in [0.1, 0.15) is 25.0 Å². The second-order valence-corrected chi connectivity index (χ2v) is 7.96. The van der Waals surface area contributed by atoms with Gasteiger partial charge in [-0.1, -0.05) is 56.3 Å². The number of hydrogen-bond donors (Lipinski definition) is 0. The van der Waals surface area contributed by atoms with Gasteiger partial charge in [0.2, 0.25) is 0 Å². The van der Waals surface area contributed by atoms with Crippen LogP contribution in [0.5, 0.6) is 5.75 Å². The van der Waals surface area contributed by atoms with E-state index in [2.05, 4.69) is 0 Å². The number of ether oxygens (including phenoxy) is 1. The second-order valence-electron chi connectivity index (χ2n) is 5.54. The summed E-state index contributed by atoms with van der Waals surface area (Å²) in [5, 5.41) is 0. The molecule has 1 unspecified atom stereocenters. The highest BCUT2D eigenvalue weighted by molar-refractivity contribution is 7.55. The van der Waals surface area contributed by atoms with Crippen molar-refractivity contribution in [1.82, 2.24) is 4.67 Å². The van der Waals surface area contributed by atoms with Gasteiger partial charge in [0.25, 0.3) is 7.52 Å². The minimum Gasteiger partial charge on any atom is -0.497 e. The Morgan fingerprint density at radius 2 is 1.54 bits per heavy atom. The molecule has 2 aromatic carbocycles. The van der Waals surface area contributed by atoms with Crippen molar-refractivity contribution in [3.63, 3.8) is 0 Å². The smallest absolute Gasteiger partial charge is 0.277 e. The van der Waals surface area contributed by atoms with Gasteiger partial charge in [0.15, 0.2) is 0 Å². The molecule has 0 aliphatic heterocycles. The van der Waals surface area contributed by atoms with E-state index in [1.807, 2.05) is 73.1 Å². The molecule has 0 N–H and O–H groups in total. The lowest BCUT2D eigenvalue weighted by Crippen LogP contribution is -2.22. The molecule has 2 aromatic rings. The zero-order valence-corrected chi connectivity index (χ0v) is 15.5. The SMILES string of the molecule is CCN(CC)P(=O)(Cc1ccc(OC)cc1)OCc1ccccc1. The van der Waals surface area contributed by atoms with Gasteiger partial charge in [-0.05, 0) is 23.3 Å². The van der Waals surface area contributed by atoms with Crippen molar-refractivity contribution in [3.8, 4) is 5.75 Å². The standard InChI is InChI=1S/C19H26NO3P/c1-4-20(5-2)24(21,23-15-17-9-7-6-8-10-17)16-18-11-13-19(22-3)14-12-18/h6-14H,4-5,15-16H2,1-3H3. The molecule has 0 aliphatic rings. The van der Waals surface area contributed by atoms with Gasteiger partial charge >= 0.3 is 0 Å². The van der Waals surface area contributed by atoms with Gasteiger partial charge in [0.1, 0.15) is 5.75 Å². The highest BCUT2D eigenvalue weighted by atomic mass is 31.2. The highest BCUT2D eigenvalue weighted by Gasteiger charge is 2.30. The van der Waals surface area contributed by atoms with Gasteiger partial charge in [-0.25, -0.2) is 4.67 Å². The summed E-state index contributed by atoms with van der Waals surface area (Å²) >= 11 is 0. The van der Waals surface area contributed by atoms with Crippen LogP contribution in [0.4, 0.5) is 0 Å². The molecule has 2 rings (SSSR count). The molecule has 0 aromatic heterocycles. The first-order valence-corrected chi connectivity index (χ1v) is 10.0. The van der Waals surface area contributed by atoms with Crippen molar-refractivity contribution in [2.75, 3.05) is 20.2 Å². The molecule has 130 valence electrons. The molecule has 5 heteroatoms. The molecule has 0 fully saturated rings. The third-order valence-corrected chi connectivity index (χ3v) is 6.70. The van der Waals surface area contributed by atoms with E-state index in [1.165, 1.54) is 0 Å². The van der Waals surface area contributed by atoms with Gasteiger partial charge < -0.3 is 9.26 Å². The summed E-state index contributed by atoms with van der Waals surface area (Å²) in [5.74, 6) is 0.793. The van der Waals surface area contributed by atoms with E-state index in [9.17, 15) is 4.57 Å². The van der Waals surface area contributed by atoms with Crippen LogP contribution in [-0.2, 0) is 21.9 Å². The van der Waals surface area contributed by atoms with Crippen molar-refractivity contribution >= 4 is 7.52 Å². The lowest BCUT2D eigenvalue weighted by molar-refractivity contribution is 0.254. The van der Waals surface area contributed by atoms with Crippen molar-refractivity contribution in [2.45, 2.75) is 26.6 Å². The van der Waals surface area contributed by atoms with Crippen LogP contribution < -0.4 is 4.74 Å². The first kappa shape index (κ1) is 18.7. The van der Waals surface area contributed by atoms with Crippen molar-refractivity contribution in [3.05, 3.63) is 65.7 Å². The van der Waals surface area contributed by atoms with Crippen LogP contribution in [-0.4, -0.2) is 24.9 Å². The van der Waals surface area contributed by atoms with Gasteiger partial charge in [-0.15, -0.1) is 0 Å². The number of hydrogen-bond acceptors (Lipinski definition) is 3. The maximum absolute atomic E-state index is 13.5. The minimum absolute atomic E-state index is 0.352. The Labute approximate surface area is 144 Å². The van der Waals surface area contributed by atoms with Crippen molar-refractivity contribution in [2.24, 2.45) is 0 Å². The summed E-state index contributed by atoms with van der Waals surface area (Å²) in [7, 11) is -1.31. The highest BCUT2D eigenvalue weighted by Crippen LogP contribution is 2.54. The van der Waals surface area contributed by atoms with Crippen LogP contribution in [0.3, 0.4) is 0 Å². The van der Waals surface area contributed by atoms with E-state index >= 15 is 0 Å². The largest absolute Gasteiger partial charge is 0.497 e. The van der Waals surface area contributed by atoms with Gasteiger partial charge in [0, 0.05) is 13.1 Å². The number of benzene rings is 2. The summed E-state index contributed by atoms with van der Waals surface area (Å²) < 4.78 is 26.6. The summed E-state index contributed by atoms with van der Waals surface area (Å²) in [6.07, 6.45) is 0.394. The molecule has 0 radical (unpaired) electrons. The maximum atomic E-state index is 13.5. The normalized spacial score (nSPS) is 13.7. The van der Waals surface area contributed by atoms with E-state index in [0.717, 1.165) is 16.9 Å². The Hall–Kier alpha value is -1.61. The lowest BCUT2D eigenvalue weighted by atomic mass is 10.2. The number of nitrogens with zero attached hydrogens (tertiary/aromatic N) is 1. The molecule has 0 saturated heterocycles. The Bertz CT molecular complexity index is 654. The third kappa shape index (κ3) is 4.94. The van der Waals surface area contributed by atoms with Crippen LogP contribution in [0.15, 0.2) is 54.6 Å². The van der Waals surface area contributed by atoms with E-state index in [4.69, 9.17) is 9.26 Å². The monoisotopic (exact) mass is 347 g/mol. The van der Waals surface area contributed by atoms with Crippen LogP contribution in [0, 0.1) is 0 Å². The fourth-order valence-corrected chi connectivity index (χ4v) is 4.93. The number of rotatable bonds is 9. The lowest BCUT2D eigenvalue weighted by Gasteiger charge is -2.29. The van der Waals surface area contributed by atoms with Crippen LogP contribution in [0.25, 0.3) is 0 Å². The average molecular weight is 347 g/mol. The van der Waals surface area contributed by atoms with Gasteiger partial charge in [0.05, 0.1) is 19.9 Å². The van der Waals surface area contributed by atoms with Gasteiger partial charge in [-0.2, -0.15) is 0 Å². The first-order chi connectivity index (χ1) is 11.6. The Kier molecular flexibility index (Phi) is 7.04. The molecule has 0 bridgehead atoms. The molecule has 0 amide bonds. The van der Waals surface area contributed by atoms with Crippen LogP contribution in [0.2, 0.25) is 0 Å². The molecule has 1 atom stereocenters. The fraction of sp³-hybridized carbons (Fsp3) is 0.368. The fourth-order valence-electron chi connectivity index (χ4n) is 2.59. The van der Waals surface area contributed by atoms with Gasteiger partial charge in [-0.3, -0.25) is 4.57 Å². The molecular formula is C19H26NO3P. The Morgan fingerprint density at radius 1 is 0.917 bits per heavy atom. The summed E-state index contributed by atoms with van der Waals surface area (Å²) in [4.78, 5) is 0. The van der Waals surface area contributed by atoms with Crippen molar-refractivity contribution in [1.29, 1.82) is 0 Å². The molecule has 0 heterocycles. The van der Waals surface area contributed by atoms with E-state index < -0.39 is 7.52 Å². The van der Waals surface area contributed by atoms with E-state index in [1.54, 1.807) is 7.11 Å². The third-order valence-electron chi connectivity index (χ3n) is 3.98. The molecular weight excluding hydrogens is 321 g/mol. The topological polar surface area (TPSA) is 38.8 Å². The summed E-state index contributed by atoms with van der Waals surface area (Å²) in [6, 6.07) is 17.5. The van der Waals surface area contributed by atoms with Crippen molar-refractivity contribution < 1.29 is 13.8 Å². The predicted molar refractivity (Wildman–Crippen MR) is 98.5 cm³/mol. The minimum atomic E-state index is -2.95. The molecule has 0 saturated carbocycles. The molecule has 0 aliphatic carbocycles. The molecule has 4 nitrogen and oxygen atoms in total. The molecule has 24 heavy (non-hydrogen) atoms. The Balaban J connectivity index is 2.17. The molecule has 0 spiro atoms. The first-order valence-electron chi connectivity index (χ1n) is 8.27. The second kappa shape index (κ2) is 9.03. The Morgan fingerprint density at radius 3 is 2.08 bits per heavy atom. The zero-order valence-electron chi connectivity index (χ0n) is 14.6. The predicted octanol–water partition coefficient (Wildman–Crippen LogP) is 4.95. The quantitative estimate of drug-likeness (QED) is 0.602. The van der Waals surface area contributed by atoms with E-state index in [0.29, 0.717) is 25.9 Å². The van der Waals surface area contributed by atoms with E-state index in [-0.39, 0.29) is 0 Å². The average Bonchev–Trinajstić information content (AvgIpc) is 2.62. The zero-order chi connectivity index (χ0) is 17.4. The summed E-state index contributed by atoms with van der Waals surface area (Å²) in [5.41, 5.74) is 2.01. The maximum Gasteiger partial charge on any atom is 0.277 e. The number of methoxy groups -OCH3 is 1. The van der Waals surface area contributed by atoms with Crippen LogP contribution >= 0.6 is 7.52 Å².